The molecule has 1 atom stereocenters. The van der Waals surface area contributed by atoms with Gasteiger partial charge in [-0.05, 0) is 31.1 Å². The summed E-state index contributed by atoms with van der Waals surface area (Å²) >= 11 is 0. The SMILES string of the molecule is C1CC[C@H]2C[C]2C1. The summed E-state index contributed by atoms with van der Waals surface area (Å²) in [4.78, 5) is 0. The topological polar surface area (TPSA) is 0 Å². The zero-order chi connectivity index (χ0) is 4.69. The molecule has 2 aliphatic carbocycles. The molecule has 2 fully saturated rings. The molecule has 0 unspecified atom stereocenters. The van der Waals surface area contributed by atoms with Gasteiger partial charge in [0, 0.05) is 0 Å². The van der Waals surface area contributed by atoms with Gasteiger partial charge in [-0.25, -0.2) is 0 Å². The molecule has 2 rings (SSSR count). The van der Waals surface area contributed by atoms with Crippen molar-refractivity contribution in [2.24, 2.45) is 5.92 Å². The van der Waals surface area contributed by atoms with E-state index in [1.165, 1.54) is 32.1 Å². The summed E-state index contributed by atoms with van der Waals surface area (Å²) in [5.74, 6) is 3.00. The average Bonchev–Trinajstić information content (AvgIpc) is 2.41. The summed E-state index contributed by atoms with van der Waals surface area (Å²) < 4.78 is 0. The molecule has 0 heteroatoms. The van der Waals surface area contributed by atoms with Crippen molar-refractivity contribution >= 4 is 0 Å². The van der Waals surface area contributed by atoms with Crippen molar-refractivity contribution in [3.63, 3.8) is 0 Å². The Morgan fingerprint density at radius 2 is 2.29 bits per heavy atom. The van der Waals surface area contributed by atoms with Gasteiger partial charge in [0.15, 0.2) is 0 Å². The number of hydrogen-bond donors (Lipinski definition) is 0. The highest BCUT2D eigenvalue weighted by molar-refractivity contribution is 5.15. The van der Waals surface area contributed by atoms with Gasteiger partial charge in [-0.1, -0.05) is 12.8 Å². The van der Waals surface area contributed by atoms with E-state index in [0.29, 0.717) is 0 Å². The number of rotatable bonds is 0. The van der Waals surface area contributed by atoms with Crippen LogP contribution in [0.3, 0.4) is 0 Å². The van der Waals surface area contributed by atoms with Crippen molar-refractivity contribution in [2.45, 2.75) is 32.1 Å². The molecule has 0 N–H and O–H groups in total. The van der Waals surface area contributed by atoms with E-state index in [1.54, 1.807) is 0 Å². The molecule has 2 aliphatic rings. The Hall–Kier alpha value is 0. The third-order valence-corrected chi connectivity index (χ3v) is 2.23. The quantitative estimate of drug-likeness (QED) is 0.432. The molecule has 1 radical (unpaired) electrons. The standard InChI is InChI=1S/C7H11/c1-2-4-7-5-6(7)3-1/h6H,1-5H2/t6-/m0/s1. The normalized spacial score (nSPS) is 40.3. The maximum atomic E-state index is 1.88. The van der Waals surface area contributed by atoms with Crippen LogP contribution in [0.15, 0.2) is 0 Å². The summed E-state index contributed by atoms with van der Waals surface area (Å²) in [5, 5.41) is 0. The van der Waals surface area contributed by atoms with Gasteiger partial charge in [-0.3, -0.25) is 0 Å². The fraction of sp³-hybridized carbons (Fsp3) is 0.857. The Bertz CT molecular complexity index is 66.1. The molecule has 0 aromatic rings. The van der Waals surface area contributed by atoms with Crippen molar-refractivity contribution in [1.82, 2.24) is 0 Å². The van der Waals surface area contributed by atoms with E-state index in [2.05, 4.69) is 0 Å². The highest BCUT2D eigenvalue weighted by Crippen LogP contribution is 2.51. The zero-order valence-electron chi connectivity index (χ0n) is 4.61. The fourth-order valence-corrected chi connectivity index (χ4v) is 1.61. The monoisotopic (exact) mass is 95.1 g/mol. The maximum Gasteiger partial charge on any atom is -0.0207 e. The summed E-state index contributed by atoms with van der Waals surface area (Å²) in [6.45, 7) is 0. The van der Waals surface area contributed by atoms with E-state index in [9.17, 15) is 0 Å². The minimum Gasteiger partial charge on any atom is -0.0530 e. The lowest BCUT2D eigenvalue weighted by atomic mass is 10.0. The van der Waals surface area contributed by atoms with E-state index in [4.69, 9.17) is 0 Å². The van der Waals surface area contributed by atoms with E-state index >= 15 is 0 Å². The van der Waals surface area contributed by atoms with Crippen LogP contribution >= 0.6 is 0 Å². The first kappa shape index (κ1) is 3.94. The van der Waals surface area contributed by atoms with Crippen LogP contribution in [0, 0.1) is 11.8 Å². The zero-order valence-corrected chi connectivity index (χ0v) is 4.61. The highest BCUT2D eigenvalue weighted by atomic mass is 14.4. The van der Waals surface area contributed by atoms with Crippen LogP contribution < -0.4 is 0 Å². The third-order valence-electron chi connectivity index (χ3n) is 2.23. The van der Waals surface area contributed by atoms with Crippen LogP contribution in [0.4, 0.5) is 0 Å². The minimum atomic E-state index is 1.12. The van der Waals surface area contributed by atoms with Crippen LogP contribution in [-0.4, -0.2) is 0 Å². The van der Waals surface area contributed by atoms with E-state index < -0.39 is 0 Å². The summed E-state index contributed by atoms with van der Waals surface area (Å²) in [6.07, 6.45) is 7.50. The molecule has 0 aromatic heterocycles. The van der Waals surface area contributed by atoms with Gasteiger partial charge < -0.3 is 0 Å². The molecule has 0 aromatic carbocycles. The van der Waals surface area contributed by atoms with Gasteiger partial charge >= 0.3 is 0 Å². The van der Waals surface area contributed by atoms with Crippen molar-refractivity contribution < 1.29 is 0 Å². The summed E-state index contributed by atoms with van der Waals surface area (Å²) in [5.41, 5.74) is 0. The first-order valence-electron chi connectivity index (χ1n) is 3.31. The first-order chi connectivity index (χ1) is 3.47. The molecule has 0 nitrogen and oxygen atoms in total. The Balaban J connectivity index is 1.95. The maximum absolute atomic E-state index is 1.88. The Morgan fingerprint density at radius 3 is 2.86 bits per heavy atom. The lowest BCUT2D eigenvalue weighted by molar-refractivity contribution is 0.572. The second-order valence-corrected chi connectivity index (χ2v) is 2.81. The summed E-state index contributed by atoms with van der Waals surface area (Å²) in [6, 6.07) is 0. The molecule has 0 spiro atoms. The molecular weight excluding hydrogens is 84.1 g/mol. The van der Waals surface area contributed by atoms with E-state index in [-0.39, 0.29) is 0 Å². The number of fused-ring (bicyclic) bond motifs is 1. The molecule has 0 bridgehead atoms. The second kappa shape index (κ2) is 1.24. The average molecular weight is 95.2 g/mol. The van der Waals surface area contributed by atoms with E-state index in [0.717, 1.165) is 5.92 Å². The van der Waals surface area contributed by atoms with Gasteiger partial charge in [0.25, 0.3) is 0 Å². The lowest BCUT2D eigenvalue weighted by Crippen LogP contribution is -1.89. The minimum absolute atomic E-state index is 1.12. The smallest absolute Gasteiger partial charge is 0.0207 e. The molecule has 0 amide bonds. The van der Waals surface area contributed by atoms with Gasteiger partial charge in [-0.15, -0.1) is 0 Å². The molecule has 7 heavy (non-hydrogen) atoms. The summed E-state index contributed by atoms with van der Waals surface area (Å²) in [7, 11) is 0. The van der Waals surface area contributed by atoms with Gasteiger partial charge in [0.2, 0.25) is 0 Å². The largest absolute Gasteiger partial charge is 0.0530 e. The fourth-order valence-electron chi connectivity index (χ4n) is 1.61. The Kier molecular flexibility index (Phi) is 0.697. The van der Waals surface area contributed by atoms with Crippen LogP contribution in [0.25, 0.3) is 0 Å². The van der Waals surface area contributed by atoms with Gasteiger partial charge in [-0.2, -0.15) is 0 Å². The first-order valence-corrected chi connectivity index (χ1v) is 3.31. The second-order valence-electron chi connectivity index (χ2n) is 2.81. The highest BCUT2D eigenvalue weighted by Gasteiger charge is 2.38. The Labute approximate surface area is 44.9 Å². The molecule has 39 valence electrons. The molecule has 2 saturated carbocycles. The van der Waals surface area contributed by atoms with E-state index in [1.807, 2.05) is 5.92 Å². The predicted octanol–water partition coefficient (Wildman–Crippen LogP) is 2.15. The number of hydrogen-bond acceptors (Lipinski definition) is 0. The van der Waals surface area contributed by atoms with Crippen LogP contribution in [0.1, 0.15) is 32.1 Å². The molecule has 0 heterocycles. The van der Waals surface area contributed by atoms with Crippen molar-refractivity contribution in [1.29, 1.82) is 0 Å². The molecular formula is C7H11. The van der Waals surface area contributed by atoms with Crippen LogP contribution in [0.2, 0.25) is 0 Å². The van der Waals surface area contributed by atoms with Crippen molar-refractivity contribution in [2.75, 3.05) is 0 Å². The Morgan fingerprint density at radius 1 is 1.29 bits per heavy atom. The van der Waals surface area contributed by atoms with Gasteiger partial charge in [0.05, 0.1) is 0 Å². The van der Waals surface area contributed by atoms with Crippen LogP contribution in [-0.2, 0) is 0 Å². The van der Waals surface area contributed by atoms with Crippen molar-refractivity contribution in [3.05, 3.63) is 5.92 Å². The van der Waals surface area contributed by atoms with Crippen molar-refractivity contribution in [3.8, 4) is 0 Å². The predicted molar refractivity (Wildman–Crippen MR) is 29.8 cm³/mol. The van der Waals surface area contributed by atoms with Crippen LogP contribution in [0.5, 0.6) is 0 Å². The van der Waals surface area contributed by atoms with Gasteiger partial charge in [0.1, 0.15) is 0 Å². The molecule has 0 saturated heterocycles. The molecule has 0 aliphatic heterocycles. The third kappa shape index (κ3) is 0.568. The lowest BCUT2D eigenvalue weighted by Gasteiger charge is -2.04.